The van der Waals surface area contributed by atoms with Crippen molar-refractivity contribution in [1.29, 1.82) is 0 Å². The first-order chi connectivity index (χ1) is 10.2. The SMILES string of the molecule is CC(=Cc1ccc(C(C)(C)C)cc1)CN1C[C@@H](C)O[C@@H](C)C1. The Morgan fingerprint density at radius 1 is 1.14 bits per heavy atom. The molecule has 1 aromatic rings. The van der Waals surface area contributed by atoms with Gasteiger partial charge in [-0.25, -0.2) is 0 Å². The lowest BCUT2D eigenvalue weighted by Gasteiger charge is -2.35. The molecule has 0 N–H and O–H groups in total. The summed E-state index contributed by atoms with van der Waals surface area (Å²) < 4.78 is 5.80. The third-order valence-corrected chi connectivity index (χ3v) is 4.16. The maximum absolute atomic E-state index is 5.80. The van der Waals surface area contributed by atoms with E-state index in [2.05, 4.69) is 76.8 Å². The second-order valence-corrected chi connectivity index (χ2v) is 7.81. The van der Waals surface area contributed by atoms with Crippen molar-refractivity contribution < 1.29 is 4.74 Å². The van der Waals surface area contributed by atoms with Gasteiger partial charge >= 0.3 is 0 Å². The van der Waals surface area contributed by atoms with Crippen LogP contribution in [-0.2, 0) is 10.2 Å². The first-order valence-corrected chi connectivity index (χ1v) is 8.39. The molecule has 0 amide bonds. The molecule has 0 bridgehead atoms. The number of nitrogens with zero attached hydrogens (tertiary/aromatic N) is 1. The van der Waals surface area contributed by atoms with Gasteiger partial charge in [0.25, 0.3) is 0 Å². The molecule has 1 fully saturated rings. The summed E-state index contributed by atoms with van der Waals surface area (Å²) in [7, 11) is 0. The van der Waals surface area contributed by atoms with E-state index in [0.717, 1.165) is 19.6 Å². The van der Waals surface area contributed by atoms with Crippen LogP contribution in [0.1, 0.15) is 52.7 Å². The molecule has 2 nitrogen and oxygen atoms in total. The van der Waals surface area contributed by atoms with Gasteiger partial charge in [0.1, 0.15) is 0 Å². The fourth-order valence-electron chi connectivity index (χ4n) is 3.18. The fourth-order valence-corrected chi connectivity index (χ4v) is 3.18. The highest BCUT2D eigenvalue weighted by atomic mass is 16.5. The number of hydrogen-bond donors (Lipinski definition) is 0. The summed E-state index contributed by atoms with van der Waals surface area (Å²) in [6.07, 6.45) is 2.97. The van der Waals surface area contributed by atoms with Crippen LogP contribution in [0.25, 0.3) is 6.08 Å². The van der Waals surface area contributed by atoms with Gasteiger partial charge in [0.15, 0.2) is 0 Å². The highest BCUT2D eigenvalue weighted by Gasteiger charge is 2.21. The van der Waals surface area contributed by atoms with Crippen LogP contribution in [0.15, 0.2) is 29.8 Å². The van der Waals surface area contributed by atoms with Crippen LogP contribution in [-0.4, -0.2) is 36.7 Å². The van der Waals surface area contributed by atoms with E-state index in [1.165, 1.54) is 16.7 Å². The van der Waals surface area contributed by atoms with E-state index in [9.17, 15) is 0 Å². The molecule has 22 heavy (non-hydrogen) atoms. The molecule has 1 aliphatic rings. The molecule has 0 aromatic heterocycles. The summed E-state index contributed by atoms with van der Waals surface area (Å²) in [5.41, 5.74) is 4.31. The van der Waals surface area contributed by atoms with Gasteiger partial charge in [-0.15, -0.1) is 0 Å². The Labute approximate surface area is 136 Å². The van der Waals surface area contributed by atoms with Crippen molar-refractivity contribution >= 4 is 6.08 Å². The number of ether oxygens (including phenoxy) is 1. The molecule has 1 saturated heterocycles. The fraction of sp³-hybridized carbons (Fsp3) is 0.600. The number of rotatable bonds is 3. The minimum absolute atomic E-state index is 0.220. The molecule has 1 aromatic carbocycles. The first kappa shape index (κ1) is 17.2. The average molecular weight is 301 g/mol. The van der Waals surface area contributed by atoms with E-state index in [1.54, 1.807) is 0 Å². The van der Waals surface area contributed by atoms with E-state index < -0.39 is 0 Å². The Kier molecular flexibility index (Phi) is 5.46. The van der Waals surface area contributed by atoms with Crippen LogP contribution in [0, 0.1) is 0 Å². The Morgan fingerprint density at radius 3 is 2.18 bits per heavy atom. The smallest absolute Gasteiger partial charge is 0.0678 e. The molecule has 2 heteroatoms. The Balaban J connectivity index is 2.00. The zero-order valence-corrected chi connectivity index (χ0v) is 15.0. The molecule has 1 heterocycles. The van der Waals surface area contributed by atoms with Gasteiger partial charge in [0.05, 0.1) is 12.2 Å². The van der Waals surface area contributed by atoms with Gasteiger partial charge in [-0.1, -0.05) is 56.7 Å². The topological polar surface area (TPSA) is 12.5 Å². The quantitative estimate of drug-likeness (QED) is 0.815. The summed E-state index contributed by atoms with van der Waals surface area (Å²) in [5, 5.41) is 0. The van der Waals surface area contributed by atoms with Crippen LogP contribution in [0.3, 0.4) is 0 Å². The lowest BCUT2D eigenvalue weighted by molar-refractivity contribution is -0.0652. The van der Waals surface area contributed by atoms with Gasteiger partial charge in [0.2, 0.25) is 0 Å². The third kappa shape index (κ3) is 4.96. The lowest BCUT2D eigenvalue weighted by Crippen LogP contribution is -2.45. The van der Waals surface area contributed by atoms with E-state index >= 15 is 0 Å². The highest BCUT2D eigenvalue weighted by Crippen LogP contribution is 2.23. The normalized spacial score (nSPS) is 24.5. The van der Waals surface area contributed by atoms with Crippen molar-refractivity contribution in [2.24, 2.45) is 0 Å². The summed E-state index contributed by atoms with van der Waals surface area (Å²) in [4.78, 5) is 2.49. The van der Waals surface area contributed by atoms with Crippen molar-refractivity contribution in [1.82, 2.24) is 4.90 Å². The monoisotopic (exact) mass is 301 g/mol. The molecule has 122 valence electrons. The Bertz CT molecular complexity index is 500. The largest absolute Gasteiger partial charge is 0.373 e. The number of hydrogen-bond acceptors (Lipinski definition) is 2. The molecular formula is C20H31NO. The summed E-state index contributed by atoms with van der Waals surface area (Å²) in [6.45, 7) is 16.4. The molecule has 2 atom stereocenters. The second-order valence-electron chi connectivity index (χ2n) is 7.81. The molecule has 2 rings (SSSR count). The molecule has 0 saturated carbocycles. The first-order valence-electron chi connectivity index (χ1n) is 8.39. The molecule has 0 aliphatic carbocycles. The molecule has 0 radical (unpaired) electrons. The predicted octanol–water partition coefficient (Wildman–Crippen LogP) is 4.50. The van der Waals surface area contributed by atoms with Crippen molar-refractivity contribution in [2.45, 2.75) is 59.2 Å². The lowest BCUT2D eigenvalue weighted by atomic mass is 9.86. The van der Waals surface area contributed by atoms with Gasteiger partial charge in [-0.05, 0) is 37.3 Å². The Morgan fingerprint density at radius 2 is 1.68 bits per heavy atom. The van der Waals surface area contributed by atoms with Gasteiger partial charge < -0.3 is 4.74 Å². The van der Waals surface area contributed by atoms with Crippen LogP contribution in [0.2, 0.25) is 0 Å². The predicted molar refractivity (Wildman–Crippen MR) is 95.2 cm³/mol. The zero-order chi connectivity index (χ0) is 16.3. The third-order valence-electron chi connectivity index (χ3n) is 4.16. The van der Waals surface area contributed by atoms with Crippen LogP contribution < -0.4 is 0 Å². The molecule has 0 unspecified atom stereocenters. The maximum Gasteiger partial charge on any atom is 0.0678 e. The van der Waals surface area contributed by atoms with E-state index in [4.69, 9.17) is 4.74 Å². The highest BCUT2D eigenvalue weighted by molar-refractivity contribution is 5.53. The van der Waals surface area contributed by atoms with Gasteiger partial charge in [-0.3, -0.25) is 4.90 Å². The average Bonchev–Trinajstić information content (AvgIpc) is 2.36. The van der Waals surface area contributed by atoms with E-state index in [-0.39, 0.29) is 5.41 Å². The zero-order valence-electron chi connectivity index (χ0n) is 15.0. The summed E-state index contributed by atoms with van der Waals surface area (Å²) in [6, 6.07) is 8.96. The summed E-state index contributed by atoms with van der Waals surface area (Å²) >= 11 is 0. The van der Waals surface area contributed by atoms with Crippen LogP contribution in [0.4, 0.5) is 0 Å². The van der Waals surface area contributed by atoms with Crippen LogP contribution >= 0.6 is 0 Å². The molecular weight excluding hydrogens is 270 g/mol. The van der Waals surface area contributed by atoms with E-state index in [0.29, 0.717) is 12.2 Å². The minimum Gasteiger partial charge on any atom is -0.373 e. The molecule has 1 aliphatic heterocycles. The maximum atomic E-state index is 5.80. The van der Waals surface area contributed by atoms with Crippen LogP contribution in [0.5, 0.6) is 0 Å². The number of benzene rings is 1. The van der Waals surface area contributed by atoms with Crippen molar-refractivity contribution in [3.63, 3.8) is 0 Å². The van der Waals surface area contributed by atoms with E-state index in [1.807, 2.05) is 0 Å². The molecule has 0 spiro atoms. The van der Waals surface area contributed by atoms with Gasteiger partial charge in [-0.2, -0.15) is 0 Å². The Hall–Kier alpha value is -1.12. The summed E-state index contributed by atoms with van der Waals surface area (Å²) in [5.74, 6) is 0. The van der Waals surface area contributed by atoms with Crippen molar-refractivity contribution in [3.8, 4) is 0 Å². The van der Waals surface area contributed by atoms with Gasteiger partial charge in [0, 0.05) is 19.6 Å². The standard InChI is InChI=1S/C20H31NO/c1-15(12-21-13-16(2)22-17(3)14-21)11-18-7-9-19(10-8-18)20(4,5)6/h7-11,16-17H,12-14H2,1-6H3/t16-,17+. The van der Waals surface area contributed by atoms with Crippen molar-refractivity contribution in [2.75, 3.05) is 19.6 Å². The second kappa shape index (κ2) is 6.97. The van der Waals surface area contributed by atoms with Crippen molar-refractivity contribution in [3.05, 3.63) is 41.0 Å². The number of morpholine rings is 1. The minimum atomic E-state index is 0.220.